The van der Waals surface area contributed by atoms with Crippen LogP contribution in [0.3, 0.4) is 0 Å². The second kappa shape index (κ2) is 10.5. The topological polar surface area (TPSA) is 66.6 Å². The van der Waals surface area contributed by atoms with E-state index < -0.39 is 0 Å². The second-order valence-corrected chi connectivity index (χ2v) is 9.59. The Bertz CT molecular complexity index is 1590. The van der Waals surface area contributed by atoms with Gasteiger partial charge in [-0.1, -0.05) is 12.1 Å². The van der Waals surface area contributed by atoms with Crippen molar-refractivity contribution in [3.8, 4) is 5.75 Å². The Morgan fingerprint density at radius 1 is 0.686 bits per heavy atom. The summed E-state index contributed by atoms with van der Waals surface area (Å²) in [4.78, 5) is 16.5. The number of aromatic amines is 2. The molecule has 0 fully saturated rings. The van der Waals surface area contributed by atoms with Gasteiger partial charge in [-0.15, -0.1) is 0 Å². The molecule has 0 amide bonds. The van der Waals surface area contributed by atoms with Crippen molar-refractivity contribution in [3.63, 3.8) is 0 Å². The van der Waals surface area contributed by atoms with E-state index in [2.05, 4.69) is 64.6 Å². The fourth-order valence-corrected chi connectivity index (χ4v) is 4.02. The number of methoxy groups -OCH3 is 1. The fraction of sp³-hybridized carbons (Fsp3) is 0.0370. The SMILES string of the molecule is COc1ccc(C2=Cc3cc4ccc(cc5nc(cc6ccc(cc2n3)[nH]6)C=C5)[nH]4)cc1.[Cl][Co][Cl]. The Morgan fingerprint density at radius 2 is 1.20 bits per heavy atom. The monoisotopic (exact) mass is 545 g/mol. The predicted octanol–water partition coefficient (Wildman–Crippen LogP) is 7.46. The van der Waals surface area contributed by atoms with Gasteiger partial charge in [0, 0.05) is 27.6 Å². The molecule has 2 N–H and O–H groups in total. The van der Waals surface area contributed by atoms with Crippen molar-refractivity contribution in [2.45, 2.75) is 0 Å². The maximum absolute atomic E-state index is 5.32. The number of rotatable bonds is 2. The first kappa shape index (κ1) is 23.4. The number of benzene rings is 1. The molecule has 6 rings (SSSR count). The van der Waals surface area contributed by atoms with Crippen LogP contribution in [-0.4, -0.2) is 27.0 Å². The fourth-order valence-electron chi connectivity index (χ4n) is 4.02. The van der Waals surface area contributed by atoms with E-state index in [1.807, 2.05) is 36.4 Å². The van der Waals surface area contributed by atoms with Crippen LogP contribution >= 0.6 is 20.3 Å². The first-order valence-electron chi connectivity index (χ1n) is 10.7. The van der Waals surface area contributed by atoms with E-state index in [1.54, 1.807) is 7.11 Å². The number of nitrogens with zero attached hydrogens (tertiary/aromatic N) is 2. The van der Waals surface area contributed by atoms with Gasteiger partial charge in [0.1, 0.15) is 5.75 Å². The summed E-state index contributed by atoms with van der Waals surface area (Å²) in [5.74, 6) is 0.833. The molecule has 177 valence electrons. The predicted molar refractivity (Wildman–Crippen MR) is 142 cm³/mol. The number of nitrogens with one attached hydrogen (secondary N) is 2. The molecule has 2 aliphatic heterocycles. The molecule has 8 heteroatoms. The quantitative estimate of drug-likeness (QED) is 0.237. The zero-order valence-electron chi connectivity index (χ0n) is 18.6. The van der Waals surface area contributed by atoms with Crippen molar-refractivity contribution >= 4 is 66.2 Å². The molecule has 8 bridgehead atoms. The van der Waals surface area contributed by atoms with Crippen LogP contribution in [0.1, 0.15) is 28.3 Å². The average molecular weight is 546 g/mol. The van der Waals surface area contributed by atoms with Crippen molar-refractivity contribution in [1.29, 1.82) is 0 Å². The van der Waals surface area contributed by atoms with Crippen molar-refractivity contribution in [2.24, 2.45) is 0 Å². The molecule has 5 heterocycles. The van der Waals surface area contributed by atoms with Crippen LogP contribution in [0.15, 0.2) is 72.8 Å². The zero-order valence-corrected chi connectivity index (χ0v) is 21.1. The minimum absolute atomic E-state index is 0.382. The number of ether oxygens (including phenoxy) is 1. The van der Waals surface area contributed by atoms with Gasteiger partial charge in [0.25, 0.3) is 0 Å². The van der Waals surface area contributed by atoms with E-state index in [1.165, 1.54) is 0 Å². The molecular formula is C27H20Cl2CoN4O. The van der Waals surface area contributed by atoms with Crippen LogP contribution in [0.5, 0.6) is 5.75 Å². The Morgan fingerprint density at radius 3 is 1.74 bits per heavy atom. The van der Waals surface area contributed by atoms with Crippen molar-refractivity contribution in [3.05, 3.63) is 101 Å². The molecular weight excluding hydrogens is 526 g/mol. The minimum atomic E-state index is 0.382. The van der Waals surface area contributed by atoms with E-state index in [4.69, 9.17) is 35.0 Å². The number of halogens is 2. The molecule has 0 saturated heterocycles. The molecule has 0 saturated carbocycles. The van der Waals surface area contributed by atoms with Gasteiger partial charge in [-0.3, -0.25) is 0 Å². The zero-order chi connectivity index (χ0) is 24.2. The first-order valence-corrected chi connectivity index (χ1v) is 13.6. The van der Waals surface area contributed by atoms with E-state index in [0.29, 0.717) is 12.9 Å². The summed E-state index contributed by atoms with van der Waals surface area (Å²) < 4.78 is 5.32. The van der Waals surface area contributed by atoms with Crippen LogP contribution in [0, 0.1) is 0 Å². The van der Waals surface area contributed by atoms with Crippen LogP contribution in [0.2, 0.25) is 0 Å². The van der Waals surface area contributed by atoms with Gasteiger partial charge in [-0.25, -0.2) is 9.97 Å². The van der Waals surface area contributed by atoms with Gasteiger partial charge in [0.05, 0.1) is 29.9 Å². The van der Waals surface area contributed by atoms with E-state index in [0.717, 1.165) is 61.7 Å². The summed E-state index contributed by atoms with van der Waals surface area (Å²) in [6.45, 7) is 0. The average Bonchev–Trinajstić information content (AvgIpc) is 3.65. The number of H-pyrrole nitrogens is 2. The molecule has 3 aromatic heterocycles. The van der Waals surface area contributed by atoms with Gasteiger partial charge in [-0.2, -0.15) is 0 Å². The number of aromatic nitrogens is 4. The Labute approximate surface area is 217 Å². The summed E-state index contributed by atoms with van der Waals surface area (Å²) in [5, 5.41) is 0. The molecule has 35 heavy (non-hydrogen) atoms. The third kappa shape index (κ3) is 5.52. The van der Waals surface area contributed by atoms with E-state index >= 15 is 0 Å². The van der Waals surface area contributed by atoms with Gasteiger partial charge in [0.15, 0.2) is 0 Å². The second-order valence-electron chi connectivity index (χ2n) is 7.87. The Kier molecular flexibility index (Phi) is 7.06. The van der Waals surface area contributed by atoms with Crippen molar-refractivity contribution in [1.82, 2.24) is 19.9 Å². The molecule has 1 aromatic carbocycles. The summed E-state index contributed by atoms with van der Waals surface area (Å²) >= 11 is 0.382. The molecule has 0 atom stereocenters. The van der Waals surface area contributed by atoms with Gasteiger partial charge >= 0.3 is 33.2 Å². The maximum atomic E-state index is 5.32. The molecule has 0 radical (unpaired) electrons. The third-order valence-electron chi connectivity index (χ3n) is 5.57. The molecule has 4 aromatic rings. The normalized spacial score (nSPS) is 12.1. The van der Waals surface area contributed by atoms with Gasteiger partial charge < -0.3 is 14.7 Å². The van der Waals surface area contributed by atoms with Crippen molar-refractivity contribution < 1.29 is 17.6 Å². The third-order valence-corrected chi connectivity index (χ3v) is 5.57. The van der Waals surface area contributed by atoms with Gasteiger partial charge in [-0.05, 0) is 84.5 Å². The summed E-state index contributed by atoms with van der Waals surface area (Å²) in [5.41, 5.74) is 9.80. The van der Waals surface area contributed by atoms with Crippen LogP contribution in [-0.2, 0) is 12.9 Å². The van der Waals surface area contributed by atoms with Crippen LogP contribution in [0.25, 0.3) is 45.9 Å². The number of fused-ring (bicyclic) bond motifs is 8. The molecule has 2 aliphatic rings. The van der Waals surface area contributed by atoms with Crippen LogP contribution < -0.4 is 4.74 Å². The summed E-state index contributed by atoms with van der Waals surface area (Å²) in [6.07, 6.45) is 6.17. The number of hydrogen-bond acceptors (Lipinski definition) is 3. The Balaban J connectivity index is 0.000000806. The van der Waals surface area contributed by atoms with E-state index in [9.17, 15) is 0 Å². The van der Waals surface area contributed by atoms with Crippen LogP contribution in [0.4, 0.5) is 0 Å². The van der Waals surface area contributed by atoms with Crippen molar-refractivity contribution in [2.75, 3.05) is 7.11 Å². The molecule has 0 unspecified atom stereocenters. The molecule has 0 spiro atoms. The Hall–Kier alpha value is -3.29. The standard InChI is InChI=1S/C27H20N4O.2ClH.Co/c1-32-25-10-2-17(3-11-25)26-15-24-14-22-7-6-20(29-22)12-18-4-5-19(28-18)13-21-8-9-23(30-21)16-27(26)31-24;;;/h2-16,29-30H,1H3;2*1H;/q;;;+2/p-2. The molecule has 5 nitrogen and oxygen atoms in total. The molecule has 0 aliphatic carbocycles. The first-order chi connectivity index (χ1) is 17.1. The summed E-state index contributed by atoms with van der Waals surface area (Å²) in [7, 11) is 11.1. The summed E-state index contributed by atoms with van der Waals surface area (Å²) in [6, 6.07) is 24.5. The van der Waals surface area contributed by atoms with E-state index in [-0.39, 0.29) is 0 Å². The van der Waals surface area contributed by atoms with Gasteiger partial charge in [0.2, 0.25) is 0 Å². The number of hydrogen-bond donors (Lipinski definition) is 2.